The summed E-state index contributed by atoms with van der Waals surface area (Å²) in [7, 11) is 0. The average Bonchev–Trinajstić information content (AvgIpc) is 3.63. The summed E-state index contributed by atoms with van der Waals surface area (Å²) < 4.78 is 11.2. The number of nitrogens with zero attached hydrogens (tertiary/aromatic N) is 3. The highest BCUT2D eigenvalue weighted by atomic mass is 16.6. The van der Waals surface area contributed by atoms with Gasteiger partial charge in [-0.15, -0.1) is 0 Å². The Morgan fingerprint density at radius 1 is 1.07 bits per heavy atom. The Morgan fingerprint density at radius 3 is 2.43 bits per heavy atom. The number of Topliss-reactive ketones (excluding diaryl/α,β-unsaturated/α-hetero) is 1. The first-order valence-corrected chi connectivity index (χ1v) is 14.2. The number of fused-ring (bicyclic) bond motifs is 1. The zero-order chi connectivity index (χ0) is 30.6. The van der Waals surface area contributed by atoms with Crippen molar-refractivity contribution in [2.24, 2.45) is 17.6 Å². The fourth-order valence-electron chi connectivity index (χ4n) is 5.18. The van der Waals surface area contributed by atoms with Gasteiger partial charge in [0.25, 0.3) is 17.7 Å². The van der Waals surface area contributed by atoms with Crippen LogP contribution in [-0.2, 0) is 27.5 Å². The van der Waals surface area contributed by atoms with Gasteiger partial charge >= 0.3 is 6.09 Å². The van der Waals surface area contributed by atoms with E-state index in [-0.39, 0.29) is 30.9 Å². The number of rotatable bonds is 10. The van der Waals surface area contributed by atoms with Gasteiger partial charge in [-0.1, -0.05) is 64.1 Å². The minimum atomic E-state index is -1.11. The van der Waals surface area contributed by atoms with E-state index in [2.05, 4.69) is 4.98 Å². The third kappa shape index (κ3) is 6.59. The molecule has 2 heterocycles. The molecule has 2 aromatic carbocycles. The molecule has 1 saturated heterocycles. The summed E-state index contributed by atoms with van der Waals surface area (Å²) >= 11 is 0. The normalized spacial score (nSPS) is 17.0. The predicted octanol–water partition coefficient (Wildman–Crippen LogP) is 3.67. The van der Waals surface area contributed by atoms with E-state index in [1.54, 1.807) is 61.2 Å². The van der Waals surface area contributed by atoms with Crippen molar-refractivity contribution in [1.82, 2.24) is 14.8 Å². The van der Waals surface area contributed by atoms with Gasteiger partial charge in [0, 0.05) is 0 Å². The van der Waals surface area contributed by atoms with Crippen LogP contribution in [0.1, 0.15) is 62.3 Å². The summed E-state index contributed by atoms with van der Waals surface area (Å²) in [5.41, 5.74) is 8.26. The van der Waals surface area contributed by atoms with E-state index in [0.29, 0.717) is 46.5 Å². The van der Waals surface area contributed by atoms with Gasteiger partial charge in [0.2, 0.25) is 5.78 Å². The SMILES string of the molecule is CC(C)C(C(=O)c1nc2cc(CO)ccc2o1)N1CCC[C@H]1C(=O)N(C(=O)OCc1ccccc1)C(=O)[C@@H](N)C(C)C. The van der Waals surface area contributed by atoms with Crippen LogP contribution < -0.4 is 5.73 Å². The van der Waals surface area contributed by atoms with Gasteiger partial charge in [-0.3, -0.25) is 19.3 Å². The van der Waals surface area contributed by atoms with Crippen molar-refractivity contribution < 1.29 is 33.4 Å². The van der Waals surface area contributed by atoms with Crippen LogP contribution in [0.3, 0.4) is 0 Å². The lowest BCUT2D eigenvalue weighted by molar-refractivity contribution is -0.147. The Balaban J connectivity index is 1.62. The van der Waals surface area contributed by atoms with Crippen molar-refractivity contribution in [1.29, 1.82) is 0 Å². The molecule has 11 nitrogen and oxygen atoms in total. The molecule has 3 amide bonds. The maximum Gasteiger partial charge on any atom is 0.423 e. The van der Waals surface area contributed by atoms with Gasteiger partial charge in [-0.25, -0.2) is 9.78 Å². The van der Waals surface area contributed by atoms with Crippen molar-refractivity contribution in [2.45, 2.75) is 71.9 Å². The van der Waals surface area contributed by atoms with Crippen molar-refractivity contribution in [3.63, 3.8) is 0 Å². The molecule has 1 fully saturated rings. The van der Waals surface area contributed by atoms with Gasteiger partial charge in [-0.05, 0) is 54.5 Å². The minimum absolute atomic E-state index is 0.117. The maximum absolute atomic E-state index is 14.0. The molecule has 3 aromatic rings. The lowest BCUT2D eigenvalue weighted by atomic mass is 9.96. The average molecular weight is 579 g/mol. The molecule has 0 spiro atoms. The Hall–Kier alpha value is -3.93. The first-order chi connectivity index (χ1) is 20.0. The summed E-state index contributed by atoms with van der Waals surface area (Å²) in [5.74, 6) is -2.78. The molecule has 11 heteroatoms. The third-order valence-electron chi connectivity index (χ3n) is 7.51. The number of amides is 3. The molecule has 1 aliphatic rings. The molecule has 4 rings (SSSR count). The van der Waals surface area contributed by atoms with Crippen LogP contribution in [-0.4, -0.2) is 68.3 Å². The smallest absolute Gasteiger partial charge is 0.423 e. The fraction of sp³-hybridized carbons (Fsp3) is 0.452. The van der Waals surface area contributed by atoms with E-state index >= 15 is 0 Å². The number of aliphatic hydroxyl groups is 1. The topological polar surface area (TPSA) is 156 Å². The summed E-state index contributed by atoms with van der Waals surface area (Å²) in [4.78, 5) is 61.1. The number of ether oxygens (including phenoxy) is 1. The molecule has 1 aromatic heterocycles. The van der Waals surface area contributed by atoms with Crippen molar-refractivity contribution >= 4 is 34.8 Å². The van der Waals surface area contributed by atoms with Gasteiger partial charge in [0.15, 0.2) is 5.58 Å². The summed E-state index contributed by atoms with van der Waals surface area (Å²) in [6.07, 6.45) is -0.213. The zero-order valence-electron chi connectivity index (χ0n) is 24.4. The standard InChI is InChI=1S/C31H38N4O7/c1-18(2)25(32)30(39)35(31(40)41-17-20-9-6-5-7-10-20)29(38)23-11-8-14-34(23)26(19(3)4)27(37)28-33-22-15-21(16-36)12-13-24(22)42-28/h5-7,9-10,12-13,15,18-19,23,25-26,36H,8,11,14,16-17,32H2,1-4H3/t23-,25-,26?/m0/s1. The molecule has 224 valence electrons. The van der Waals surface area contributed by atoms with E-state index in [0.717, 1.165) is 0 Å². The number of hydrogen-bond donors (Lipinski definition) is 2. The van der Waals surface area contributed by atoms with Crippen LogP contribution >= 0.6 is 0 Å². The van der Waals surface area contributed by atoms with Crippen LogP contribution in [0.2, 0.25) is 0 Å². The molecule has 1 aliphatic heterocycles. The Morgan fingerprint density at radius 2 is 1.79 bits per heavy atom. The second kappa shape index (κ2) is 13.4. The van der Waals surface area contributed by atoms with Gasteiger partial charge in [0.1, 0.15) is 12.1 Å². The van der Waals surface area contributed by atoms with E-state index in [1.807, 2.05) is 19.9 Å². The van der Waals surface area contributed by atoms with E-state index in [1.165, 1.54) is 0 Å². The van der Waals surface area contributed by atoms with Crippen molar-refractivity contribution in [2.75, 3.05) is 6.54 Å². The lowest BCUT2D eigenvalue weighted by Crippen LogP contribution is -2.58. The highest BCUT2D eigenvalue weighted by Crippen LogP contribution is 2.29. The number of aliphatic hydroxyl groups excluding tert-OH is 1. The van der Waals surface area contributed by atoms with Gasteiger partial charge in [-0.2, -0.15) is 4.90 Å². The second-order valence-corrected chi connectivity index (χ2v) is 11.3. The van der Waals surface area contributed by atoms with Gasteiger partial charge in [0.05, 0.1) is 24.7 Å². The Labute approximate surface area is 244 Å². The number of carbonyl (C=O) groups is 4. The quantitative estimate of drug-likeness (QED) is 0.340. The number of ketones is 1. The lowest BCUT2D eigenvalue weighted by Gasteiger charge is -2.35. The monoisotopic (exact) mass is 578 g/mol. The predicted molar refractivity (Wildman–Crippen MR) is 154 cm³/mol. The zero-order valence-corrected chi connectivity index (χ0v) is 24.4. The van der Waals surface area contributed by atoms with Crippen molar-refractivity contribution in [3.8, 4) is 0 Å². The first kappa shape index (κ1) is 31.0. The van der Waals surface area contributed by atoms with E-state index in [4.69, 9.17) is 14.9 Å². The molecular formula is C31H38N4O7. The number of likely N-dealkylation sites (tertiary alicyclic amines) is 1. The van der Waals surface area contributed by atoms with Crippen LogP contribution in [0, 0.1) is 11.8 Å². The van der Waals surface area contributed by atoms with Crippen molar-refractivity contribution in [3.05, 3.63) is 65.5 Å². The molecule has 0 radical (unpaired) electrons. The Kier molecular flexibility index (Phi) is 9.87. The van der Waals surface area contributed by atoms with E-state index < -0.39 is 41.8 Å². The number of nitrogens with two attached hydrogens (primary N) is 1. The summed E-state index contributed by atoms with van der Waals surface area (Å²) in [5, 5.41) is 9.45. The molecule has 42 heavy (non-hydrogen) atoms. The van der Waals surface area contributed by atoms with Crippen LogP contribution in [0.15, 0.2) is 52.9 Å². The number of aromatic nitrogens is 1. The highest BCUT2D eigenvalue weighted by Gasteiger charge is 2.46. The second-order valence-electron chi connectivity index (χ2n) is 11.3. The molecule has 1 unspecified atom stereocenters. The summed E-state index contributed by atoms with van der Waals surface area (Å²) in [6.45, 7) is 7.21. The molecule has 3 N–H and O–H groups in total. The molecule has 3 atom stereocenters. The summed E-state index contributed by atoms with van der Waals surface area (Å²) in [6, 6.07) is 11.0. The molecular weight excluding hydrogens is 540 g/mol. The van der Waals surface area contributed by atoms with Crippen LogP contribution in [0.5, 0.6) is 0 Å². The number of imide groups is 3. The number of oxazole rings is 1. The highest BCUT2D eigenvalue weighted by molar-refractivity contribution is 6.12. The Bertz CT molecular complexity index is 1440. The fourth-order valence-corrected chi connectivity index (χ4v) is 5.18. The minimum Gasteiger partial charge on any atom is -0.444 e. The van der Waals surface area contributed by atoms with Crippen LogP contribution in [0.25, 0.3) is 11.1 Å². The number of benzene rings is 2. The number of carbonyl (C=O) groups excluding carboxylic acids is 4. The molecule has 0 bridgehead atoms. The van der Waals surface area contributed by atoms with E-state index in [9.17, 15) is 24.3 Å². The first-order valence-electron chi connectivity index (χ1n) is 14.2. The molecule has 0 aliphatic carbocycles. The molecule has 0 saturated carbocycles. The number of hydrogen-bond acceptors (Lipinski definition) is 10. The maximum atomic E-state index is 14.0. The van der Waals surface area contributed by atoms with Gasteiger partial charge < -0.3 is 20.0 Å². The van der Waals surface area contributed by atoms with Crippen LogP contribution in [0.4, 0.5) is 4.79 Å². The largest absolute Gasteiger partial charge is 0.444 e. The third-order valence-corrected chi connectivity index (χ3v) is 7.51.